The maximum atomic E-state index is 12.6. The summed E-state index contributed by atoms with van der Waals surface area (Å²) in [5, 5.41) is 10.5. The second-order valence-electron chi connectivity index (χ2n) is 6.20. The number of anilines is 1. The molecule has 11 nitrogen and oxygen atoms in total. The van der Waals surface area contributed by atoms with Gasteiger partial charge in [0, 0.05) is 45.9 Å². The third-order valence-corrected chi connectivity index (χ3v) is 4.60. The molecular weight excluding hydrogens is 350 g/mol. The lowest BCUT2D eigenvalue weighted by Gasteiger charge is -2.35. The zero-order valence-corrected chi connectivity index (χ0v) is 15.0. The maximum Gasteiger partial charge on any atom is 0.298 e. The van der Waals surface area contributed by atoms with Gasteiger partial charge in [0.25, 0.3) is 5.56 Å². The third-order valence-electron chi connectivity index (χ3n) is 4.60. The van der Waals surface area contributed by atoms with Gasteiger partial charge in [0.15, 0.2) is 11.5 Å². The molecule has 0 aromatic carbocycles. The van der Waals surface area contributed by atoms with E-state index < -0.39 is 0 Å². The van der Waals surface area contributed by atoms with Gasteiger partial charge in [-0.1, -0.05) is 5.21 Å². The Labute approximate surface area is 155 Å². The lowest BCUT2D eigenvalue weighted by Crippen LogP contribution is -2.47. The Bertz CT molecular complexity index is 926. The number of nitrogens with zero attached hydrogens (tertiary/aromatic N) is 8. The normalized spacial score (nSPS) is 15.4. The minimum absolute atomic E-state index is 0.255. The zero-order chi connectivity index (χ0) is 18.6. The molecule has 27 heavy (non-hydrogen) atoms. The highest BCUT2D eigenvalue weighted by Crippen LogP contribution is 2.15. The lowest BCUT2D eigenvalue weighted by atomic mass is 10.3. The Balaban J connectivity index is 1.52. The fourth-order valence-electron chi connectivity index (χ4n) is 3.08. The zero-order valence-electron chi connectivity index (χ0n) is 15.0. The molecule has 1 N–H and O–H groups in total. The summed E-state index contributed by atoms with van der Waals surface area (Å²) in [7, 11) is 1.72. The summed E-state index contributed by atoms with van der Waals surface area (Å²) in [6.07, 6.45) is 6.19. The van der Waals surface area contributed by atoms with E-state index in [0.29, 0.717) is 11.5 Å². The average molecular weight is 371 g/mol. The molecule has 0 unspecified atom stereocenters. The minimum atomic E-state index is -0.255. The molecule has 0 spiro atoms. The van der Waals surface area contributed by atoms with Crippen molar-refractivity contribution < 1.29 is 4.74 Å². The highest BCUT2D eigenvalue weighted by molar-refractivity contribution is 5.44. The minimum Gasteiger partial charge on any atom is -0.383 e. The SMILES string of the molecule is COCCN1CCN(c2cc(-n3[nH]cc(-n4ccnn4)c3=O)ncn2)CC1. The van der Waals surface area contributed by atoms with Crippen molar-refractivity contribution in [3.05, 3.63) is 41.3 Å². The number of aromatic nitrogens is 7. The number of hydrogen-bond acceptors (Lipinski definition) is 8. The number of nitrogens with one attached hydrogen (secondary N) is 1. The molecule has 1 fully saturated rings. The van der Waals surface area contributed by atoms with Gasteiger partial charge < -0.3 is 9.64 Å². The standard InChI is InChI=1S/C16H21N9O2/c1-27-9-8-22-4-6-23(7-5-22)14-10-15(18-12-17-14)25-16(26)13(11-20-25)24-3-2-19-21-24/h2-3,10-12,20H,4-9H2,1H3. The number of rotatable bonds is 6. The van der Waals surface area contributed by atoms with Crippen LogP contribution in [-0.2, 0) is 4.74 Å². The van der Waals surface area contributed by atoms with E-state index in [9.17, 15) is 4.79 Å². The summed E-state index contributed by atoms with van der Waals surface area (Å²) in [6.45, 7) is 5.29. The first-order chi connectivity index (χ1) is 13.3. The van der Waals surface area contributed by atoms with Gasteiger partial charge in [0.05, 0.1) is 25.2 Å². The van der Waals surface area contributed by atoms with Crippen molar-refractivity contribution in [1.82, 2.24) is 39.6 Å². The van der Waals surface area contributed by atoms with Gasteiger partial charge in [-0.2, -0.15) is 4.68 Å². The van der Waals surface area contributed by atoms with Gasteiger partial charge in [-0.15, -0.1) is 5.10 Å². The van der Waals surface area contributed by atoms with E-state index in [0.717, 1.165) is 45.1 Å². The number of hydrogen-bond donors (Lipinski definition) is 1. The van der Waals surface area contributed by atoms with Crippen LogP contribution in [0.1, 0.15) is 0 Å². The van der Waals surface area contributed by atoms with E-state index in [-0.39, 0.29) is 5.56 Å². The Morgan fingerprint density at radius 2 is 2.00 bits per heavy atom. The Morgan fingerprint density at radius 3 is 2.74 bits per heavy atom. The predicted octanol–water partition coefficient (Wildman–Crippen LogP) is -0.695. The highest BCUT2D eigenvalue weighted by Gasteiger charge is 2.19. The molecule has 4 rings (SSSR count). The molecular formula is C16H21N9O2. The van der Waals surface area contributed by atoms with E-state index >= 15 is 0 Å². The third kappa shape index (κ3) is 3.59. The number of H-pyrrole nitrogens is 1. The second kappa shape index (κ2) is 7.68. The van der Waals surface area contributed by atoms with Crippen molar-refractivity contribution in [2.75, 3.05) is 51.3 Å². The molecule has 1 saturated heterocycles. The lowest BCUT2D eigenvalue weighted by molar-refractivity contribution is 0.144. The number of methoxy groups -OCH3 is 1. The van der Waals surface area contributed by atoms with Crippen LogP contribution < -0.4 is 10.5 Å². The predicted molar refractivity (Wildman–Crippen MR) is 97.4 cm³/mol. The highest BCUT2D eigenvalue weighted by atomic mass is 16.5. The molecule has 0 aliphatic carbocycles. The summed E-state index contributed by atoms with van der Waals surface area (Å²) >= 11 is 0. The average Bonchev–Trinajstić information content (AvgIpc) is 3.36. The molecule has 1 aliphatic heterocycles. The first-order valence-corrected chi connectivity index (χ1v) is 8.72. The van der Waals surface area contributed by atoms with Crippen molar-refractivity contribution in [3.63, 3.8) is 0 Å². The monoisotopic (exact) mass is 371 g/mol. The van der Waals surface area contributed by atoms with Crippen LogP contribution in [0.15, 0.2) is 35.8 Å². The fourth-order valence-corrected chi connectivity index (χ4v) is 3.08. The van der Waals surface area contributed by atoms with E-state index in [2.05, 4.69) is 35.2 Å². The fraction of sp³-hybridized carbons (Fsp3) is 0.438. The van der Waals surface area contributed by atoms with Gasteiger partial charge in [-0.25, -0.2) is 14.6 Å². The molecule has 0 radical (unpaired) electrons. The summed E-state index contributed by atoms with van der Waals surface area (Å²) in [5.74, 6) is 1.29. The van der Waals surface area contributed by atoms with Crippen LogP contribution in [-0.4, -0.2) is 86.1 Å². The van der Waals surface area contributed by atoms with Gasteiger partial charge in [0.2, 0.25) is 0 Å². The molecule has 4 heterocycles. The largest absolute Gasteiger partial charge is 0.383 e. The summed E-state index contributed by atoms with van der Waals surface area (Å²) < 4.78 is 7.92. The van der Waals surface area contributed by atoms with Gasteiger partial charge >= 0.3 is 0 Å². The Hall–Kier alpha value is -3.05. The van der Waals surface area contributed by atoms with Crippen LogP contribution in [0.3, 0.4) is 0 Å². The van der Waals surface area contributed by atoms with Crippen LogP contribution >= 0.6 is 0 Å². The second-order valence-corrected chi connectivity index (χ2v) is 6.20. The van der Waals surface area contributed by atoms with Crippen LogP contribution in [0.2, 0.25) is 0 Å². The molecule has 0 atom stereocenters. The molecule has 11 heteroatoms. The molecule has 0 bridgehead atoms. The van der Waals surface area contributed by atoms with Crippen LogP contribution in [0.5, 0.6) is 0 Å². The van der Waals surface area contributed by atoms with Crippen LogP contribution in [0, 0.1) is 0 Å². The van der Waals surface area contributed by atoms with E-state index in [4.69, 9.17) is 4.74 Å². The van der Waals surface area contributed by atoms with Gasteiger partial charge in [-0.05, 0) is 0 Å². The first kappa shape index (κ1) is 17.4. The first-order valence-electron chi connectivity index (χ1n) is 8.72. The summed E-state index contributed by atoms with van der Waals surface area (Å²) in [6, 6.07) is 1.81. The van der Waals surface area contributed by atoms with Crippen molar-refractivity contribution in [2.45, 2.75) is 0 Å². The van der Waals surface area contributed by atoms with E-state index in [1.807, 2.05) is 6.07 Å². The van der Waals surface area contributed by atoms with Crippen molar-refractivity contribution in [3.8, 4) is 11.5 Å². The number of aromatic amines is 1. The quantitative estimate of drug-likeness (QED) is 0.606. The molecule has 3 aromatic heterocycles. The number of ether oxygens (including phenoxy) is 1. The smallest absolute Gasteiger partial charge is 0.298 e. The Kier molecular flexibility index (Phi) is 4.94. The van der Waals surface area contributed by atoms with E-state index in [1.54, 1.807) is 19.5 Å². The molecule has 0 saturated carbocycles. The van der Waals surface area contributed by atoms with Gasteiger partial charge in [-0.3, -0.25) is 14.8 Å². The van der Waals surface area contributed by atoms with E-state index in [1.165, 1.54) is 21.9 Å². The molecule has 1 aliphatic rings. The number of piperazine rings is 1. The van der Waals surface area contributed by atoms with Crippen LogP contribution in [0.4, 0.5) is 5.82 Å². The van der Waals surface area contributed by atoms with Crippen molar-refractivity contribution in [1.29, 1.82) is 0 Å². The summed E-state index contributed by atoms with van der Waals surface area (Å²) in [4.78, 5) is 25.8. The van der Waals surface area contributed by atoms with Crippen molar-refractivity contribution in [2.24, 2.45) is 0 Å². The van der Waals surface area contributed by atoms with Gasteiger partial charge in [0.1, 0.15) is 12.1 Å². The summed E-state index contributed by atoms with van der Waals surface area (Å²) in [5.41, 5.74) is 0.119. The molecule has 142 valence electrons. The topological polar surface area (TPSA) is 110 Å². The van der Waals surface area contributed by atoms with Crippen molar-refractivity contribution >= 4 is 5.82 Å². The maximum absolute atomic E-state index is 12.6. The molecule has 3 aromatic rings. The van der Waals surface area contributed by atoms with Crippen LogP contribution in [0.25, 0.3) is 11.5 Å². The molecule has 0 amide bonds. The Morgan fingerprint density at radius 1 is 1.19 bits per heavy atom.